The molecule has 0 saturated carbocycles. The Hall–Kier alpha value is -2.68. The van der Waals surface area contributed by atoms with Gasteiger partial charge in [0.25, 0.3) is 0 Å². The van der Waals surface area contributed by atoms with Crippen LogP contribution >= 0.6 is 0 Å². The molecule has 9 heteroatoms. The fourth-order valence-corrected chi connectivity index (χ4v) is 2.89. The molecular weight excluding hydrogens is 428 g/mol. The fourth-order valence-electron chi connectivity index (χ4n) is 2.89. The number of esters is 2. The molecule has 0 fully saturated rings. The number of carbonyl (C=O) groups is 4. The highest BCUT2D eigenvalue weighted by Gasteiger charge is 2.20. The molecule has 0 aliphatic carbocycles. The second-order valence-electron chi connectivity index (χ2n) is 8.26. The predicted molar refractivity (Wildman–Crippen MR) is 125 cm³/mol. The van der Waals surface area contributed by atoms with Crippen LogP contribution in [0.4, 0.5) is 0 Å². The van der Waals surface area contributed by atoms with Gasteiger partial charge in [0.1, 0.15) is 0 Å². The van der Waals surface area contributed by atoms with Crippen LogP contribution in [-0.2, 0) is 33.4 Å². The molecule has 9 nitrogen and oxygen atoms in total. The van der Waals surface area contributed by atoms with Crippen molar-refractivity contribution in [3.8, 4) is 0 Å². The number of carbonyl (C=O) groups excluding carboxylic acids is 4. The Morgan fingerprint density at radius 2 is 1.00 bits per heavy atom. The molecule has 0 saturated heterocycles. The summed E-state index contributed by atoms with van der Waals surface area (Å²) < 4.78 is 15.3. The largest absolute Gasteiger partial charge is 0.469 e. The van der Waals surface area contributed by atoms with Crippen molar-refractivity contribution in [3.05, 3.63) is 24.3 Å². The van der Waals surface area contributed by atoms with Gasteiger partial charge in [-0.2, -0.15) is 0 Å². The van der Waals surface area contributed by atoms with E-state index in [0.29, 0.717) is 0 Å². The number of allylic oxidation sites excluding steroid dienone is 2. The van der Waals surface area contributed by atoms with E-state index in [4.69, 9.17) is 14.2 Å². The number of rotatable bonds is 14. The Morgan fingerprint density at radius 1 is 0.667 bits per heavy atom. The third-order valence-corrected chi connectivity index (χ3v) is 5.39. The zero-order valence-corrected chi connectivity index (χ0v) is 21.0. The number of hydrogen-bond donors (Lipinski definition) is 2. The first-order valence-electron chi connectivity index (χ1n) is 11.1. The minimum absolute atomic E-state index is 0.0953. The Bertz CT molecular complexity index is 647. The van der Waals surface area contributed by atoms with Crippen molar-refractivity contribution in [1.29, 1.82) is 0 Å². The average molecular weight is 469 g/mol. The van der Waals surface area contributed by atoms with Gasteiger partial charge in [0.05, 0.1) is 51.4 Å². The topological polar surface area (TPSA) is 120 Å². The van der Waals surface area contributed by atoms with E-state index in [-0.39, 0.29) is 60.6 Å². The van der Waals surface area contributed by atoms with Crippen molar-refractivity contribution in [3.63, 3.8) is 0 Å². The van der Waals surface area contributed by atoms with E-state index in [1.165, 1.54) is 28.1 Å². The molecule has 0 spiro atoms. The second kappa shape index (κ2) is 16.0. The Labute approximate surface area is 197 Å². The van der Waals surface area contributed by atoms with Gasteiger partial charge < -0.3 is 24.8 Å². The van der Waals surface area contributed by atoms with E-state index >= 15 is 0 Å². The molecule has 0 aliphatic heterocycles. The molecule has 0 heterocycles. The molecule has 6 unspecified atom stereocenters. The Balaban J connectivity index is 5.08. The summed E-state index contributed by atoms with van der Waals surface area (Å²) >= 11 is 0. The maximum atomic E-state index is 11.7. The van der Waals surface area contributed by atoms with Gasteiger partial charge in [-0.15, -0.1) is 0 Å². The minimum atomic E-state index is -0.407. The van der Waals surface area contributed by atoms with Gasteiger partial charge in [-0.1, -0.05) is 52.0 Å². The number of hydrogen-bond acceptors (Lipinski definition) is 7. The van der Waals surface area contributed by atoms with Crippen LogP contribution in [0.1, 0.15) is 41.5 Å². The highest BCUT2D eigenvalue weighted by atomic mass is 16.5. The highest BCUT2D eigenvalue weighted by Crippen LogP contribution is 2.15. The van der Waals surface area contributed by atoms with Crippen LogP contribution in [-0.4, -0.2) is 63.3 Å². The summed E-state index contributed by atoms with van der Waals surface area (Å²) in [5.74, 6) is -1.89. The van der Waals surface area contributed by atoms with Crippen molar-refractivity contribution in [2.75, 3.05) is 27.4 Å². The highest BCUT2D eigenvalue weighted by molar-refractivity contribution is 5.74. The van der Waals surface area contributed by atoms with E-state index in [9.17, 15) is 19.2 Å². The van der Waals surface area contributed by atoms with Crippen molar-refractivity contribution in [1.82, 2.24) is 10.6 Å². The van der Waals surface area contributed by atoms with Gasteiger partial charge >= 0.3 is 11.9 Å². The lowest BCUT2D eigenvalue weighted by molar-refractivity contribution is -0.146. The van der Waals surface area contributed by atoms with Crippen LogP contribution in [0.25, 0.3) is 0 Å². The molecule has 0 bridgehead atoms. The smallest absolute Gasteiger partial charge is 0.308 e. The summed E-state index contributed by atoms with van der Waals surface area (Å²) in [5.41, 5.74) is 0. The summed E-state index contributed by atoms with van der Waals surface area (Å²) in [6.07, 6.45) is 7.25. The number of ether oxygens (including phenoxy) is 3. The van der Waals surface area contributed by atoms with E-state index in [2.05, 4.69) is 10.6 Å². The monoisotopic (exact) mass is 468 g/mol. The molecule has 0 radical (unpaired) electrons. The summed E-state index contributed by atoms with van der Waals surface area (Å²) in [7, 11) is 2.69. The normalized spacial score (nSPS) is 17.0. The van der Waals surface area contributed by atoms with Gasteiger partial charge in [0.2, 0.25) is 11.8 Å². The summed E-state index contributed by atoms with van der Waals surface area (Å²) in [4.78, 5) is 46.5. The Morgan fingerprint density at radius 3 is 1.27 bits per heavy atom. The van der Waals surface area contributed by atoms with Gasteiger partial charge in [-0.25, -0.2) is 0 Å². The lowest BCUT2D eigenvalue weighted by atomic mass is 9.95. The number of amides is 2. The maximum Gasteiger partial charge on any atom is 0.308 e. The van der Waals surface area contributed by atoms with Crippen LogP contribution in [0.15, 0.2) is 24.3 Å². The lowest BCUT2D eigenvalue weighted by Crippen LogP contribution is -2.39. The van der Waals surface area contributed by atoms with Crippen LogP contribution in [0, 0.1) is 23.7 Å². The first-order chi connectivity index (χ1) is 15.4. The zero-order chi connectivity index (χ0) is 25.6. The van der Waals surface area contributed by atoms with Gasteiger partial charge in [-0.3, -0.25) is 19.2 Å². The molecular formula is C24H40N2O7. The van der Waals surface area contributed by atoms with E-state index in [0.717, 1.165) is 0 Å². The zero-order valence-electron chi connectivity index (χ0n) is 21.0. The summed E-state index contributed by atoms with van der Waals surface area (Å²) in [6, 6.07) is -0.815. The van der Waals surface area contributed by atoms with E-state index < -0.39 is 12.1 Å². The molecule has 2 N–H and O–H groups in total. The quantitative estimate of drug-likeness (QED) is 0.296. The summed E-state index contributed by atoms with van der Waals surface area (Å²) in [5, 5.41) is 5.58. The van der Waals surface area contributed by atoms with Crippen LogP contribution in [0.3, 0.4) is 0 Å². The number of nitrogens with one attached hydrogen (secondary N) is 2. The molecule has 0 aliphatic rings. The molecule has 188 valence electrons. The molecule has 0 aromatic heterocycles. The van der Waals surface area contributed by atoms with Crippen LogP contribution in [0.2, 0.25) is 0 Å². The van der Waals surface area contributed by atoms with E-state index in [1.807, 2.05) is 26.0 Å². The first-order valence-corrected chi connectivity index (χ1v) is 11.1. The minimum Gasteiger partial charge on any atom is -0.469 e. The molecule has 6 atom stereocenters. The third-order valence-electron chi connectivity index (χ3n) is 5.39. The Kier molecular flexibility index (Phi) is 14.7. The predicted octanol–water partition coefficient (Wildman–Crippen LogP) is 2.02. The third kappa shape index (κ3) is 12.8. The van der Waals surface area contributed by atoms with Gasteiger partial charge in [-0.05, 0) is 11.8 Å². The van der Waals surface area contributed by atoms with E-state index in [1.54, 1.807) is 26.0 Å². The first kappa shape index (κ1) is 30.3. The second-order valence-corrected chi connectivity index (χ2v) is 8.26. The van der Waals surface area contributed by atoms with Crippen LogP contribution in [0.5, 0.6) is 0 Å². The van der Waals surface area contributed by atoms with Crippen molar-refractivity contribution in [2.24, 2.45) is 23.7 Å². The average Bonchev–Trinajstić information content (AvgIpc) is 2.77. The SMILES string of the molecule is COC(=O)C(C)C(C)/C=C/C(COCC(/C=C/C(C)C(C)C(=O)OC)NC(C)=O)NC(C)=O. The summed E-state index contributed by atoms with van der Waals surface area (Å²) in [6.45, 7) is 10.5. The molecule has 2 amide bonds. The van der Waals surface area contributed by atoms with Crippen molar-refractivity contribution < 1.29 is 33.4 Å². The molecule has 0 aromatic rings. The van der Waals surface area contributed by atoms with Crippen molar-refractivity contribution in [2.45, 2.75) is 53.6 Å². The molecule has 33 heavy (non-hydrogen) atoms. The maximum absolute atomic E-state index is 11.7. The lowest BCUT2D eigenvalue weighted by Gasteiger charge is -2.20. The molecule has 0 aromatic carbocycles. The fraction of sp³-hybridized carbons (Fsp3) is 0.667. The standard InChI is InChI=1S/C24H40N2O7/c1-15(17(3)23(29)31-7)9-11-21(25-19(5)27)13-33-14-22(26-20(6)28)12-10-16(2)18(4)24(30)32-8/h9-12,15-18,21-22H,13-14H2,1-8H3,(H,25,27)(H,26,28)/b11-9+,12-10+. The van der Waals surface area contributed by atoms with Crippen molar-refractivity contribution >= 4 is 23.8 Å². The number of methoxy groups -OCH3 is 2. The van der Waals surface area contributed by atoms with Gasteiger partial charge in [0, 0.05) is 13.8 Å². The van der Waals surface area contributed by atoms with Gasteiger partial charge in [0.15, 0.2) is 0 Å². The van der Waals surface area contributed by atoms with Crippen LogP contribution < -0.4 is 10.6 Å². The molecule has 0 rings (SSSR count).